The highest BCUT2D eigenvalue weighted by molar-refractivity contribution is 7.99. The molecule has 0 amide bonds. The maximum atomic E-state index is 9.59. The zero-order chi connectivity index (χ0) is 16.2. The number of aromatic nitrogens is 1. The van der Waals surface area contributed by atoms with E-state index in [2.05, 4.69) is 43.3 Å². The quantitative estimate of drug-likeness (QED) is 0.786. The van der Waals surface area contributed by atoms with Gasteiger partial charge in [-0.25, -0.2) is 4.98 Å². The summed E-state index contributed by atoms with van der Waals surface area (Å²) in [5, 5.41) is 19.1. The lowest BCUT2D eigenvalue weighted by atomic mass is 9.86. The van der Waals surface area contributed by atoms with Gasteiger partial charge in [0.25, 0.3) is 0 Å². The van der Waals surface area contributed by atoms with E-state index in [9.17, 15) is 5.26 Å². The van der Waals surface area contributed by atoms with Crippen LogP contribution in [0.4, 0.5) is 0 Å². The number of benzene rings is 1. The van der Waals surface area contributed by atoms with Gasteiger partial charge in [0, 0.05) is 5.56 Å². The van der Waals surface area contributed by atoms with Gasteiger partial charge >= 0.3 is 0 Å². The standard InChI is InChI=1S/C19H17N3S/c1-13-6-8-14(9-7-13)18-16-5-3-2-4-15(16)17(12-21)19(22-18)23-11-10-20/h6-9H,2-5,11H2,1H3. The van der Waals surface area contributed by atoms with Gasteiger partial charge in [0.05, 0.1) is 23.1 Å². The molecule has 3 rings (SSSR count). The molecule has 0 radical (unpaired) electrons. The number of nitriles is 2. The largest absolute Gasteiger partial charge is 0.240 e. The van der Waals surface area contributed by atoms with E-state index in [1.807, 2.05) is 0 Å². The Balaban J connectivity index is 2.20. The second kappa shape index (κ2) is 6.86. The maximum Gasteiger partial charge on any atom is 0.116 e. The number of thioether (sulfide) groups is 1. The molecule has 0 saturated carbocycles. The molecule has 0 N–H and O–H groups in total. The van der Waals surface area contributed by atoms with Crippen LogP contribution < -0.4 is 0 Å². The summed E-state index contributed by atoms with van der Waals surface area (Å²) < 4.78 is 0. The number of hydrogen-bond donors (Lipinski definition) is 0. The van der Waals surface area contributed by atoms with Crippen molar-refractivity contribution < 1.29 is 0 Å². The van der Waals surface area contributed by atoms with Gasteiger partial charge in [-0.15, -0.1) is 0 Å². The third-order valence-electron chi connectivity index (χ3n) is 4.19. The lowest BCUT2D eigenvalue weighted by Gasteiger charge is -2.22. The first-order chi connectivity index (χ1) is 11.2. The molecule has 4 heteroatoms. The van der Waals surface area contributed by atoms with Crippen LogP contribution in [-0.4, -0.2) is 10.7 Å². The molecule has 114 valence electrons. The van der Waals surface area contributed by atoms with E-state index >= 15 is 0 Å². The van der Waals surface area contributed by atoms with Gasteiger partial charge < -0.3 is 0 Å². The summed E-state index contributed by atoms with van der Waals surface area (Å²) in [4.78, 5) is 4.78. The molecule has 0 fully saturated rings. The fraction of sp³-hybridized carbons (Fsp3) is 0.316. The molecule has 23 heavy (non-hydrogen) atoms. The van der Waals surface area contributed by atoms with Gasteiger partial charge in [-0.1, -0.05) is 41.6 Å². The molecule has 0 bridgehead atoms. The Kier molecular flexibility index (Phi) is 4.65. The third-order valence-corrected chi connectivity index (χ3v) is 5.04. The Morgan fingerprint density at radius 2 is 1.78 bits per heavy atom. The number of rotatable bonds is 3. The lowest BCUT2D eigenvalue weighted by Crippen LogP contribution is -2.10. The van der Waals surface area contributed by atoms with E-state index in [-0.39, 0.29) is 0 Å². The Morgan fingerprint density at radius 1 is 1.09 bits per heavy atom. The fourth-order valence-electron chi connectivity index (χ4n) is 3.07. The van der Waals surface area contributed by atoms with Crippen LogP contribution in [0, 0.1) is 29.6 Å². The minimum Gasteiger partial charge on any atom is -0.240 e. The van der Waals surface area contributed by atoms with Gasteiger partial charge in [-0.05, 0) is 43.7 Å². The van der Waals surface area contributed by atoms with E-state index in [1.54, 1.807) is 0 Å². The van der Waals surface area contributed by atoms with Gasteiger partial charge in [-0.2, -0.15) is 10.5 Å². The highest BCUT2D eigenvalue weighted by atomic mass is 32.2. The van der Waals surface area contributed by atoms with Crippen LogP contribution in [0.2, 0.25) is 0 Å². The predicted molar refractivity (Wildman–Crippen MR) is 92.1 cm³/mol. The third kappa shape index (κ3) is 3.09. The Morgan fingerprint density at radius 3 is 2.43 bits per heavy atom. The van der Waals surface area contributed by atoms with Crippen molar-refractivity contribution in [1.82, 2.24) is 4.98 Å². The Labute approximate surface area is 141 Å². The molecular weight excluding hydrogens is 302 g/mol. The molecule has 1 aliphatic rings. The smallest absolute Gasteiger partial charge is 0.116 e. The summed E-state index contributed by atoms with van der Waals surface area (Å²) in [6.45, 7) is 2.07. The number of pyridine rings is 1. The fourth-order valence-corrected chi connectivity index (χ4v) is 3.74. The number of nitrogens with zero attached hydrogens (tertiary/aromatic N) is 3. The van der Waals surface area contributed by atoms with Crippen LogP contribution >= 0.6 is 11.8 Å². The van der Waals surface area contributed by atoms with Gasteiger partial charge in [-0.3, -0.25) is 0 Å². The number of aryl methyl sites for hydroxylation is 1. The second-order valence-electron chi connectivity index (χ2n) is 5.73. The van der Waals surface area contributed by atoms with Crippen molar-refractivity contribution >= 4 is 11.8 Å². The Bertz CT molecular complexity index is 810. The van der Waals surface area contributed by atoms with E-state index in [0.717, 1.165) is 42.5 Å². The second-order valence-corrected chi connectivity index (χ2v) is 6.69. The zero-order valence-electron chi connectivity index (χ0n) is 13.1. The van der Waals surface area contributed by atoms with Crippen LogP contribution in [-0.2, 0) is 12.8 Å². The van der Waals surface area contributed by atoms with E-state index in [4.69, 9.17) is 10.2 Å². The van der Waals surface area contributed by atoms with Crippen LogP contribution in [0.15, 0.2) is 29.3 Å². The zero-order valence-corrected chi connectivity index (χ0v) is 13.9. The molecule has 2 aromatic rings. The van der Waals surface area contributed by atoms with Crippen molar-refractivity contribution in [3.8, 4) is 23.4 Å². The first-order valence-corrected chi connectivity index (χ1v) is 8.75. The minimum atomic E-state index is 0.313. The highest BCUT2D eigenvalue weighted by Crippen LogP contribution is 2.36. The molecule has 0 spiro atoms. The summed E-state index contributed by atoms with van der Waals surface area (Å²) in [7, 11) is 0. The van der Waals surface area contributed by atoms with Gasteiger partial charge in [0.2, 0.25) is 0 Å². The van der Waals surface area contributed by atoms with Crippen LogP contribution in [0.3, 0.4) is 0 Å². The molecule has 0 atom stereocenters. The van der Waals surface area contributed by atoms with E-state index in [1.165, 1.54) is 22.9 Å². The topological polar surface area (TPSA) is 60.5 Å². The molecule has 0 unspecified atom stereocenters. The molecule has 0 saturated heterocycles. The average molecular weight is 319 g/mol. The number of hydrogen-bond acceptors (Lipinski definition) is 4. The van der Waals surface area contributed by atoms with Gasteiger partial charge in [0.15, 0.2) is 0 Å². The first-order valence-electron chi connectivity index (χ1n) is 7.77. The first kappa shape index (κ1) is 15.6. The van der Waals surface area contributed by atoms with Crippen molar-refractivity contribution in [3.63, 3.8) is 0 Å². The SMILES string of the molecule is Cc1ccc(-c2nc(SCC#N)c(C#N)c3c2CCCC3)cc1. The average Bonchev–Trinajstić information content (AvgIpc) is 2.59. The molecule has 1 aromatic heterocycles. The molecule has 1 aliphatic carbocycles. The maximum absolute atomic E-state index is 9.59. The molecule has 3 nitrogen and oxygen atoms in total. The van der Waals surface area contributed by atoms with E-state index < -0.39 is 0 Å². The summed E-state index contributed by atoms with van der Waals surface area (Å²) in [6, 6.07) is 12.8. The van der Waals surface area contributed by atoms with E-state index in [0.29, 0.717) is 16.3 Å². The monoisotopic (exact) mass is 319 g/mol. The van der Waals surface area contributed by atoms with Crippen molar-refractivity contribution in [1.29, 1.82) is 10.5 Å². The molecule has 0 aliphatic heterocycles. The normalized spacial score (nSPS) is 13.0. The molecule has 1 aromatic carbocycles. The highest BCUT2D eigenvalue weighted by Gasteiger charge is 2.22. The molecular formula is C19H17N3S. The van der Waals surface area contributed by atoms with Crippen LogP contribution in [0.1, 0.15) is 35.1 Å². The van der Waals surface area contributed by atoms with Gasteiger partial charge in [0.1, 0.15) is 11.1 Å². The Hall–Kier alpha value is -2.30. The molecule has 1 heterocycles. The van der Waals surface area contributed by atoms with Crippen LogP contribution in [0.25, 0.3) is 11.3 Å². The summed E-state index contributed by atoms with van der Waals surface area (Å²) in [5.41, 5.74) is 6.34. The summed E-state index contributed by atoms with van der Waals surface area (Å²) in [5.74, 6) is 0.313. The van der Waals surface area contributed by atoms with Crippen molar-refractivity contribution in [2.24, 2.45) is 0 Å². The minimum absolute atomic E-state index is 0.313. The van der Waals surface area contributed by atoms with Crippen molar-refractivity contribution in [3.05, 3.63) is 46.5 Å². The number of fused-ring (bicyclic) bond motifs is 1. The lowest BCUT2D eigenvalue weighted by molar-refractivity contribution is 0.677. The van der Waals surface area contributed by atoms with Crippen LogP contribution in [0.5, 0.6) is 0 Å². The van der Waals surface area contributed by atoms with Crippen molar-refractivity contribution in [2.75, 3.05) is 5.75 Å². The summed E-state index contributed by atoms with van der Waals surface area (Å²) in [6.07, 6.45) is 4.16. The summed E-state index contributed by atoms with van der Waals surface area (Å²) >= 11 is 1.36. The predicted octanol–water partition coefficient (Wildman–Crippen LogP) is 4.42. The van der Waals surface area contributed by atoms with Crippen molar-refractivity contribution in [2.45, 2.75) is 37.6 Å².